The van der Waals surface area contributed by atoms with Gasteiger partial charge in [-0.3, -0.25) is 9.71 Å². The Balaban J connectivity index is 1.30. The summed E-state index contributed by atoms with van der Waals surface area (Å²) in [6, 6.07) is 16.5. The Hall–Kier alpha value is -3.28. The highest BCUT2D eigenvalue weighted by Gasteiger charge is 2.22. The quantitative estimate of drug-likeness (QED) is 0.197. The van der Waals surface area contributed by atoms with Gasteiger partial charge in [0.25, 0.3) is 10.0 Å². The monoisotopic (exact) mass is 630 g/mol. The van der Waals surface area contributed by atoms with E-state index in [1.165, 1.54) is 12.1 Å². The van der Waals surface area contributed by atoms with Crippen LogP contribution in [-0.2, 0) is 10.0 Å². The zero-order valence-electron chi connectivity index (χ0n) is 23.3. The number of likely N-dealkylation sites (N-methyl/N-ethyl adjacent to an activating group) is 1. The predicted molar refractivity (Wildman–Crippen MR) is 166 cm³/mol. The van der Waals surface area contributed by atoms with Crippen molar-refractivity contribution in [2.75, 3.05) is 58.2 Å². The van der Waals surface area contributed by atoms with Crippen LogP contribution >= 0.6 is 23.2 Å². The maximum atomic E-state index is 13.0. The van der Waals surface area contributed by atoms with Crippen LogP contribution in [-0.4, -0.2) is 76.7 Å². The summed E-state index contributed by atoms with van der Waals surface area (Å²) >= 11 is 12.3. The van der Waals surface area contributed by atoms with Gasteiger partial charge in [0.1, 0.15) is 16.4 Å². The first-order valence-corrected chi connectivity index (χ1v) is 15.7. The first-order chi connectivity index (χ1) is 20.2. The molecule has 0 saturated carbocycles. The topological polar surface area (TPSA) is 93.2 Å². The molecule has 0 radical (unpaired) electrons. The fourth-order valence-electron chi connectivity index (χ4n) is 4.73. The van der Waals surface area contributed by atoms with Crippen LogP contribution in [0.25, 0.3) is 10.9 Å². The molecule has 1 aromatic heterocycles. The minimum atomic E-state index is -4.05. The number of sulfonamides is 1. The number of piperazine rings is 1. The molecular weight excluding hydrogens is 599 g/mol. The van der Waals surface area contributed by atoms with Gasteiger partial charge in [-0.05, 0) is 49.9 Å². The number of anilines is 1. The van der Waals surface area contributed by atoms with Gasteiger partial charge in [-0.25, -0.2) is 8.42 Å². The SMILES string of the molecule is COc1cc2c(Oc3cccc(NS(=O)(=O)c4c(Cl)cccc4Cl)c3)ccnc2cc1OCCCN1CCN(C)CC1. The number of pyridine rings is 1. The molecule has 0 amide bonds. The van der Waals surface area contributed by atoms with Crippen LogP contribution < -0.4 is 18.9 Å². The molecule has 0 unspecified atom stereocenters. The Labute approximate surface area is 256 Å². The number of aromatic nitrogens is 1. The van der Waals surface area contributed by atoms with Crippen LogP contribution in [0, 0.1) is 0 Å². The van der Waals surface area contributed by atoms with Crippen molar-refractivity contribution >= 4 is 49.8 Å². The highest BCUT2D eigenvalue weighted by atomic mass is 35.5. The van der Waals surface area contributed by atoms with E-state index in [1.54, 1.807) is 49.7 Å². The van der Waals surface area contributed by atoms with E-state index in [0.29, 0.717) is 40.5 Å². The van der Waals surface area contributed by atoms with E-state index in [9.17, 15) is 8.42 Å². The molecule has 222 valence electrons. The van der Waals surface area contributed by atoms with E-state index in [-0.39, 0.29) is 20.6 Å². The zero-order valence-corrected chi connectivity index (χ0v) is 25.7. The number of methoxy groups -OCH3 is 1. The number of fused-ring (bicyclic) bond motifs is 1. The van der Waals surface area contributed by atoms with E-state index in [4.69, 9.17) is 37.4 Å². The third kappa shape index (κ3) is 7.19. The summed E-state index contributed by atoms with van der Waals surface area (Å²) in [5, 5.41) is 0.768. The van der Waals surface area contributed by atoms with Crippen molar-refractivity contribution in [2.24, 2.45) is 0 Å². The first-order valence-electron chi connectivity index (χ1n) is 13.5. The summed E-state index contributed by atoms with van der Waals surface area (Å²) in [7, 11) is -0.301. The Morgan fingerprint density at radius 3 is 2.40 bits per heavy atom. The fraction of sp³-hybridized carbons (Fsp3) is 0.300. The van der Waals surface area contributed by atoms with Gasteiger partial charge in [-0.1, -0.05) is 35.3 Å². The van der Waals surface area contributed by atoms with Gasteiger partial charge < -0.3 is 24.0 Å². The lowest BCUT2D eigenvalue weighted by Gasteiger charge is -2.32. The van der Waals surface area contributed by atoms with Crippen molar-refractivity contribution in [3.63, 3.8) is 0 Å². The van der Waals surface area contributed by atoms with Gasteiger partial charge >= 0.3 is 0 Å². The molecule has 5 rings (SSSR count). The maximum Gasteiger partial charge on any atom is 0.264 e. The molecule has 1 aliphatic heterocycles. The second-order valence-electron chi connectivity index (χ2n) is 9.96. The summed E-state index contributed by atoms with van der Waals surface area (Å²) < 4.78 is 46.5. The molecule has 0 bridgehead atoms. The summed E-state index contributed by atoms with van der Waals surface area (Å²) in [5.41, 5.74) is 0.958. The molecule has 1 N–H and O–H groups in total. The number of ether oxygens (including phenoxy) is 3. The fourth-order valence-corrected chi connectivity index (χ4v) is 6.92. The molecule has 1 fully saturated rings. The standard InChI is InChI=1S/C30H32Cl2N4O5S/c1-35-13-15-36(16-14-35)12-5-17-40-29-20-26-23(19-28(29)39-2)27(10-11-33-26)41-22-7-3-6-21(18-22)34-42(37,38)30-24(31)8-4-9-25(30)32/h3-4,6-11,18-20,34H,5,12-17H2,1-2H3. The van der Waals surface area contributed by atoms with E-state index < -0.39 is 10.0 Å². The van der Waals surface area contributed by atoms with E-state index in [1.807, 2.05) is 12.1 Å². The minimum absolute atomic E-state index is 0.0259. The minimum Gasteiger partial charge on any atom is -0.493 e. The summed E-state index contributed by atoms with van der Waals surface area (Å²) in [6.07, 6.45) is 2.55. The van der Waals surface area contributed by atoms with Crippen LogP contribution in [0.4, 0.5) is 5.69 Å². The molecule has 1 saturated heterocycles. The van der Waals surface area contributed by atoms with Gasteiger partial charge in [0, 0.05) is 56.4 Å². The van der Waals surface area contributed by atoms with Crippen molar-refractivity contribution < 1.29 is 22.6 Å². The highest BCUT2D eigenvalue weighted by Crippen LogP contribution is 2.38. The summed E-state index contributed by atoms with van der Waals surface area (Å²) in [5.74, 6) is 2.12. The van der Waals surface area contributed by atoms with Crippen LogP contribution in [0.2, 0.25) is 10.0 Å². The zero-order chi connectivity index (χ0) is 29.7. The molecule has 3 aromatic carbocycles. The van der Waals surface area contributed by atoms with Gasteiger partial charge in [-0.2, -0.15) is 0 Å². The van der Waals surface area contributed by atoms with Crippen molar-refractivity contribution in [1.29, 1.82) is 0 Å². The number of nitrogens with one attached hydrogen (secondary N) is 1. The molecule has 0 spiro atoms. The number of hydrogen-bond donors (Lipinski definition) is 1. The Morgan fingerprint density at radius 1 is 0.929 bits per heavy atom. The smallest absolute Gasteiger partial charge is 0.264 e. The number of halogens is 2. The van der Waals surface area contributed by atoms with E-state index in [2.05, 4.69) is 26.6 Å². The van der Waals surface area contributed by atoms with Crippen molar-refractivity contribution in [1.82, 2.24) is 14.8 Å². The largest absolute Gasteiger partial charge is 0.493 e. The van der Waals surface area contributed by atoms with Gasteiger partial charge in [0.05, 0.1) is 35.0 Å². The number of rotatable bonds is 11. The Morgan fingerprint density at radius 2 is 1.67 bits per heavy atom. The van der Waals surface area contributed by atoms with E-state index in [0.717, 1.165) is 39.1 Å². The van der Waals surface area contributed by atoms with Crippen molar-refractivity contribution in [3.05, 3.63) is 76.9 Å². The molecule has 9 nitrogen and oxygen atoms in total. The number of hydrogen-bond acceptors (Lipinski definition) is 8. The average molecular weight is 632 g/mol. The predicted octanol–water partition coefficient (Wildman–Crippen LogP) is 6.16. The molecule has 0 atom stereocenters. The molecule has 2 heterocycles. The number of benzene rings is 3. The maximum absolute atomic E-state index is 13.0. The third-order valence-corrected chi connectivity index (χ3v) is 9.30. The average Bonchev–Trinajstić information content (AvgIpc) is 2.96. The Bertz CT molecular complexity index is 1640. The molecule has 4 aromatic rings. The molecular formula is C30H32Cl2N4O5S. The third-order valence-electron chi connectivity index (χ3n) is 6.96. The van der Waals surface area contributed by atoms with Gasteiger partial charge in [-0.15, -0.1) is 0 Å². The van der Waals surface area contributed by atoms with Gasteiger partial charge in [0.2, 0.25) is 0 Å². The molecule has 1 aliphatic rings. The Kier molecular flexibility index (Phi) is 9.60. The van der Waals surface area contributed by atoms with Crippen molar-refractivity contribution in [3.8, 4) is 23.0 Å². The van der Waals surface area contributed by atoms with Crippen LogP contribution in [0.3, 0.4) is 0 Å². The van der Waals surface area contributed by atoms with Crippen LogP contribution in [0.15, 0.2) is 71.8 Å². The second-order valence-corrected chi connectivity index (χ2v) is 12.4. The van der Waals surface area contributed by atoms with Crippen LogP contribution in [0.1, 0.15) is 6.42 Å². The number of nitrogens with zero attached hydrogens (tertiary/aromatic N) is 3. The summed E-state index contributed by atoms with van der Waals surface area (Å²) in [4.78, 5) is 9.11. The lowest BCUT2D eigenvalue weighted by molar-refractivity contribution is 0.145. The molecule has 12 heteroatoms. The van der Waals surface area contributed by atoms with Gasteiger partial charge in [0.15, 0.2) is 11.5 Å². The first kappa shape index (κ1) is 30.2. The molecule has 42 heavy (non-hydrogen) atoms. The lowest BCUT2D eigenvalue weighted by Crippen LogP contribution is -2.44. The highest BCUT2D eigenvalue weighted by molar-refractivity contribution is 7.93. The van der Waals surface area contributed by atoms with Crippen LogP contribution in [0.5, 0.6) is 23.0 Å². The molecule has 0 aliphatic carbocycles. The van der Waals surface area contributed by atoms with Crippen molar-refractivity contribution in [2.45, 2.75) is 11.3 Å². The second kappa shape index (κ2) is 13.4. The normalized spacial score (nSPS) is 14.6. The lowest BCUT2D eigenvalue weighted by atomic mass is 10.1. The van der Waals surface area contributed by atoms with E-state index >= 15 is 0 Å². The summed E-state index contributed by atoms with van der Waals surface area (Å²) in [6.45, 7) is 5.88.